The molecule has 0 unspecified atom stereocenters. The fourth-order valence-electron chi connectivity index (χ4n) is 7.37. The fraction of sp³-hybridized carbons (Fsp3) is 0.564. The van der Waals surface area contributed by atoms with Gasteiger partial charge in [-0.3, -0.25) is 9.59 Å². The van der Waals surface area contributed by atoms with Crippen LogP contribution in [-0.4, -0.2) is 103 Å². The summed E-state index contributed by atoms with van der Waals surface area (Å²) in [4.78, 5) is 68.3. The van der Waals surface area contributed by atoms with Gasteiger partial charge < -0.3 is 52.8 Å². The average molecular weight is 789 g/mol. The number of carbonyl (C=O) groups is 5. The largest absolute Gasteiger partial charge is 0.516 e. The number of hydrogen-bond donors (Lipinski definition) is 2. The van der Waals surface area contributed by atoms with Gasteiger partial charge in [-0.15, -0.1) is 0 Å². The first-order valence-corrected chi connectivity index (χ1v) is 18.2. The minimum absolute atomic E-state index is 0.0106. The van der Waals surface area contributed by atoms with Crippen LogP contribution in [0.5, 0.6) is 17.2 Å². The standard InChI is InChI=1S/C39H45FO16/c1-16(2)14-49-36(46)53-35(45)39(56-37(47)50-15-17(3)4)12-20-24(22(13-39)52-34-27(40)33-32(18(5)51-34)54-38(6,7)55-33)31(44)26-25(29(20)42)28(41)19-10-9-11-21(48-8)23(19)30(26)43/h9-11,16-18,22,27,32-34,42,44H,12-15H2,1-8H3/t18-,22-,27+,32+,33-,34-,39-/m0/s1. The molecule has 4 aliphatic rings. The third-order valence-corrected chi connectivity index (χ3v) is 9.80. The highest BCUT2D eigenvalue weighted by molar-refractivity contribution is 6.31. The number of phenols is 2. The number of phenolic OH excluding ortho intramolecular Hbond substituents is 2. The number of alkyl halides is 1. The highest BCUT2D eigenvalue weighted by atomic mass is 19.1. The Labute approximate surface area is 321 Å². The van der Waals surface area contributed by atoms with E-state index in [1.165, 1.54) is 25.3 Å². The number of rotatable bonds is 9. The van der Waals surface area contributed by atoms with Crippen LogP contribution in [0.3, 0.4) is 0 Å². The van der Waals surface area contributed by atoms with Crippen molar-refractivity contribution in [1.29, 1.82) is 0 Å². The van der Waals surface area contributed by atoms with Crippen LogP contribution in [0.2, 0.25) is 0 Å². The zero-order valence-electron chi connectivity index (χ0n) is 32.2. The maximum absolute atomic E-state index is 16.4. The molecule has 0 bridgehead atoms. The number of esters is 1. The molecule has 2 fully saturated rings. The molecule has 6 rings (SSSR count). The van der Waals surface area contributed by atoms with E-state index in [1.54, 1.807) is 48.5 Å². The van der Waals surface area contributed by atoms with Crippen LogP contribution >= 0.6 is 0 Å². The Bertz CT molecular complexity index is 1940. The summed E-state index contributed by atoms with van der Waals surface area (Å²) in [5.74, 6) is -6.56. The van der Waals surface area contributed by atoms with Crippen molar-refractivity contribution in [3.63, 3.8) is 0 Å². The summed E-state index contributed by atoms with van der Waals surface area (Å²) in [6, 6.07) is 4.21. The van der Waals surface area contributed by atoms with Crippen LogP contribution in [0.15, 0.2) is 18.2 Å². The maximum atomic E-state index is 16.4. The predicted octanol–water partition coefficient (Wildman–Crippen LogP) is 5.37. The van der Waals surface area contributed by atoms with Crippen molar-refractivity contribution in [3.8, 4) is 17.2 Å². The summed E-state index contributed by atoms with van der Waals surface area (Å²) >= 11 is 0. The van der Waals surface area contributed by atoms with Gasteiger partial charge in [0.25, 0.3) is 0 Å². The van der Waals surface area contributed by atoms with Gasteiger partial charge in [0, 0.05) is 29.5 Å². The highest BCUT2D eigenvalue weighted by Crippen LogP contribution is 2.54. The summed E-state index contributed by atoms with van der Waals surface area (Å²) in [5.41, 5.74) is -5.01. The smallest absolute Gasteiger partial charge is 0.507 e. The summed E-state index contributed by atoms with van der Waals surface area (Å²) in [6.07, 6.45) is -13.1. The minimum Gasteiger partial charge on any atom is -0.507 e. The molecule has 2 N–H and O–H groups in total. The maximum Gasteiger partial charge on any atom is 0.516 e. The average Bonchev–Trinajstić information content (AvgIpc) is 3.47. The number of fused-ring (bicyclic) bond motifs is 4. The molecule has 16 nitrogen and oxygen atoms in total. The second-order valence-electron chi connectivity index (χ2n) is 15.5. The Balaban J connectivity index is 1.51. The van der Waals surface area contributed by atoms with Gasteiger partial charge in [0.2, 0.25) is 11.4 Å². The Hall–Kier alpha value is -4.84. The van der Waals surface area contributed by atoms with Crippen LogP contribution in [0.1, 0.15) is 104 Å². The van der Waals surface area contributed by atoms with Crippen LogP contribution in [0.25, 0.3) is 0 Å². The van der Waals surface area contributed by atoms with Crippen LogP contribution in [0, 0.1) is 11.8 Å². The van der Waals surface area contributed by atoms with Gasteiger partial charge in [-0.05, 0) is 38.7 Å². The van der Waals surface area contributed by atoms with Crippen LogP contribution in [0.4, 0.5) is 14.0 Å². The van der Waals surface area contributed by atoms with Crippen LogP contribution in [-0.2, 0) is 49.1 Å². The van der Waals surface area contributed by atoms with E-state index in [0.29, 0.717) is 0 Å². The van der Waals surface area contributed by atoms with Gasteiger partial charge in [-0.25, -0.2) is 18.8 Å². The van der Waals surface area contributed by atoms with E-state index in [9.17, 15) is 34.2 Å². The van der Waals surface area contributed by atoms with Crippen molar-refractivity contribution in [2.24, 2.45) is 11.8 Å². The first-order chi connectivity index (χ1) is 26.3. The topological polar surface area (TPSA) is 209 Å². The lowest BCUT2D eigenvalue weighted by atomic mass is 9.72. The molecule has 2 saturated heterocycles. The summed E-state index contributed by atoms with van der Waals surface area (Å²) in [7, 11) is 1.28. The molecule has 56 heavy (non-hydrogen) atoms. The first kappa shape index (κ1) is 40.8. The lowest BCUT2D eigenvalue weighted by Gasteiger charge is -2.43. The monoisotopic (exact) mass is 788 g/mol. The molecular weight excluding hydrogens is 743 g/mol. The minimum atomic E-state index is -2.62. The Morgan fingerprint density at radius 1 is 0.911 bits per heavy atom. The molecule has 2 aromatic carbocycles. The zero-order chi connectivity index (χ0) is 41.0. The molecule has 0 amide bonds. The summed E-state index contributed by atoms with van der Waals surface area (Å²) in [5, 5.41) is 24.0. The van der Waals surface area contributed by atoms with E-state index in [0.717, 1.165) is 0 Å². The van der Waals surface area contributed by atoms with E-state index in [2.05, 4.69) is 0 Å². The number of halogens is 1. The highest BCUT2D eigenvalue weighted by Gasteiger charge is 2.59. The van der Waals surface area contributed by atoms with Gasteiger partial charge in [-0.2, -0.15) is 0 Å². The molecule has 0 saturated carbocycles. The normalized spacial score (nSPS) is 27.5. The molecular formula is C39H45FO16. The van der Waals surface area contributed by atoms with Crippen molar-refractivity contribution in [2.75, 3.05) is 20.3 Å². The number of hydrogen-bond acceptors (Lipinski definition) is 16. The summed E-state index contributed by atoms with van der Waals surface area (Å²) in [6.45, 7) is 11.4. The molecule has 0 radical (unpaired) electrons. The second kappa shape index (κ2) is 15.2. The molecule has 0 aromatic heterocycles. The number of ketones is 2. The summed E-state index contributed by atoms with van der Waals surface area (Å²) < 4.78 is 66.4. The molecule has 2 aliphatic carbocycles. The third-order valence-electron chi connectivity index (χ3n) is 9.80. The Morgan fingerprint density at radius 3 is 2.18 bits per heavy atom. The third kappa shape index (κ3) is 7.40. The van der Waals surface area contributed by atoms with E-state index >= 15 is 4.39 Å². The van der Waals surface area contributed by atoms with Crippen molar-refractivity contribution in [2.45, 2.75) is 110 Å². The van der Waals surface area contributed by atoms with Gasteiger partial charge in [0.15, 0.2) is 24.0 Å². The van der Waals surface area contributed by atoms with E-state index < -0.39 is 119 Å². The lowest BCUT2D eigenvalue weighted by molar-refractivity contribution is -0.279. The lowest BCUT2D eigenvalue weighted by Crippen LogP contribution is -2.56. The van der Waals surface area contributed by atoms with E-state index in [4.69, 9.17) is 42.6 Å². The van der Waals surface area contributed by atoms with Crippen molar-refractivity contribution >= 4 is 29.8 Å². The van der Waals surface area contributed by atoms with Gasteiger partial charge in [0.05, 0.1) is 49.2 Å². The number of aromatic hydroxyl groups is 2. The van der Waals surface area contributed by atoms with Crippen LogP contribution < -0.4 is 4.74 Å². The van der Waals surface area contributed by atoms with Gasteiger partial charge >= 0.3 is 18.3 Å². The number of benzene rings is 2. The number of ether oxygens (including phenoxy) is 9. The number of carbonyl (C=O) groups excluding carboxylic acids is 5. The quantitative estimate of drug-likeness (QED) is 0.159. The second-order valence-corrected chi connectivity index (χ2v) is 15.5. The predicted molar refractivity (Wildman–Crippen MR) is 187 cm³/mol. The zero-order valence-corrected chi connectivity index (χ0v) is 32.2. The first-order valence-electron chi connectivity index (χ1n) is 18.2. The Kier molecular flexibility index (Phi) is 11.1. The number of methoxy groups -OCH3 is 1. The molecule has 304 valence electrons. The van der Waals surface area contributed by atoms with E-state index in [1.807, 2.05) is 0 Å². The molecule has 7 atom stereocenters. The molecule has 17 heteroatoms. The van der Waals surface area contributed by atoms with Gasteiger partial charge in [-0.1, -0.05) is 39.8 Å². The van der Waals surface area contributed by atoms with Crippen molar-refractivity contribution < 1.29 is 81.2 Å². The van der Waals surface area contributed by atoms with E-state index in [-0.39, 0.29) is 47.5 Å². The van der Waals surface area contributed by atoms with Gasteiger partial charge in [0.1, 0.15) is 29.5 Å². The fourth-order valence-corrected chi connectivity index (χ4v) is 7.37. The Morgan fingerprint density at radius 2 is 1.54 bits per heavy atom. The molecule has 2 heterocycles. The van der Waals surface area contributed by atoms with Crippen molar-refractivity contribution in [3.05, 3.63) is 51.6 Å². The SMILES string of the molecule is COc1cccc2c1C(=O)c1c(O)c3c(c(O)c1C2=O)C[C@@](OC(=O)OCC(C)C)(C(=O)OC(=O)OCC(C)C)C[C@@H]3O[C@@H]1O[C@@H](C)[C@H]2OC(C)(C)O[C@H]2[C@H]1F. The molecule has 2 aromatic rings. The van der Waals surface area contributed by atoms with Crippen molar-refractivity contribution in [1.82, 2.24) is 0 Å². The molecule has 0 spiro atoms. The molecule has 2 aliphatic heterocycles.